The van der Waals surface area contributed by atoms with Crippen LogP contribution in [0.25, 0.3) is 0 Å². The molecule has 2 aromatic rings. The zero-order valence-electron chi connectivity index (χ0n) is 8.90. The molecule has 0 radical (unpaired) electrons. The maximum atomic E-state index is 12.6. The zero-order valence-corrected chi connectivity index (χ0v) is 10.5. The third-order valence-electron chi connectivity index (χ3n) is 2.12. The van der Waals surface area contributed by atoms with Gasteiger partial charge >= 0.3 is 0 Å². The van der Waals surface area contributed by atoms with E-state index in [9.17, 15) is 4.39 Å². The van der Waals surface area contributed by atoms with E-state index in [1.54, 1.807) is 18.3 Å². The minimum atomic E-state index is -0.247. The molecule has 0 atom stereocenters. The summed E-state index contributed by atoms with van der Waals surface area (Å²) in [6.07, 6.45) is 1.64. The lowest BCUT2D eigenvalue weighted by molar-refractivity contribution is 0.628. The topological polar surface area (TPSA) is 24.4 Å². The monoisotopic (exact) mass is 292 g/mol. The van der Waals surface area contributed by atoms with Gasteiger partial charge in [0.15, 0.2) is 0 Å². The van der Waals surface area contributed by atoms with E-state index in [-0.39, 0.29) is 5.82 Å². The van der Waals surface area contributed by atoms with Crippen LogP contribution in [0.1, 0.15) is 5.56 Å². The first-order valence-electron chi connectivity index (χ1n) is 5.04. The van der Waals surface area contributed by atoms with Gasteiger partial charge in [-0.05, 0) is 42.0 Å². The Morgan fingerprint density at radius 2 is 1.65 bits per heavy atom. The quantitative estimate of drug-likeness (QED) is 0.670. The molecule has 0 aliphatic carbocycles. The number of halogens is 2. The van der Waals surface area contributed by atoms with Crippen molar-refractivity contribution in [3.05, 3.63) is 64.4 Å². The van der Waals surface area contributed by atoms with Crippen molar-refractivity contribution >= 4 is 27.8 Å². The van der Waals surface area contributed by atoms with Crippen LogP contribution >= 0.6 is 15.9 Å². The van der Waals surface area contributed by atoms with Gasteiger partial charge in [-0.15, -0.1) is 0 Å². The van der Waals surface area contributed by atoms with E-state index in [0.29, 0.717) is 0 Å². The van der Waals surface area contributed by atoms with Gasteiger partial charge in [-0.2, -0.15) is 5.10 Å². The van der Waals surface area contributed by atoms with Gasteiger partial charge in [0.05, 0.1) is 11.9 Å². The highest BCUT2D eigenvalue weighted by molar-refractivity contribution is 9.10. The summed E-state index contributed by atoms with van der Waals surface area (Å²) in [5, 5.41) is 4.06. The van der Waals surface area contributed by atoms with E-state index in [0.717, 1.165) is 15.7 Å². The van der Waals surface area contributed by atoms with Crippen molar-refractivity contribution in [2.24, 2.45) is 5.10 Å². The van der Waals surface area contributed by atoms with E-state index >= 15 is 0 Å². The summed E-state index contributed by atoms with van der Waals surface area (Å²) in [5.41, 5.74) is 4.63. The Hall–Kier alpha value is -1.68. The molecule has 0 unspecified atom stereocenters. The van der Waals surface area contributed by atoms with Crippen molar-refractivity contribution in [1.82, 2.24) is 0 Å². The van der Waals surface area contributed by atoms with Gasteiger partial charge in [0, 0.05) is 4.47 Å². The Bertz CT molecular complexity index is 506. The highest BCUT2D eigenvalue weighted by atomic mass is 79.9. The number of nitrogens with one attached hydrogen (secondary N) is 1. The summed E-state index contributed by atoms with van der Waals surface area (Å²) in [5.74, 6) is -0.247. The molecule has 4 heteroatoms. The van der Waals surface area contributed by atoms with Crippen LogP contribution < -0.4 is 5.43 Å². The van der Waals surface area contributed by atoms with Crippen LogP contribution in [-0.4, -0.2) is 6.21 Å². The average Bonchev–Trinajstić information content (AvgIpc) is 2.34. The summed E-state index contributed by atoms with van der Waals surface area (Å²) >= 11 is 3.36. The van der Waals surface area contributed by atoms with Gasteiger partial charge in [0.25, 0.3) is 0 Å². The Balaban J connectivity index is 1.97. The first-order valence-corrected chi connectivity index (χ1v) is 5.83. The molecule has 0 saturated heterocycles. The van der Waals surface area contributed by atoms with Gasteiger partial charge in [0.1, 0.15) is 5.82 Å². The lowest BCUT2D eigenvalue weighted by Gasteiger charge is -1.99. The largest absolute Gasteiger partial charge is 0.279 e. The molecular formula is C13H10BrFN2. The third-order valence-corrected chi connectivity index (χ3v) is 2.65. The molecule has 0 bridgehead atoms. The standard InChI is InChI=1S/C13H10BrFN2/c14-11-3-7-13(8-4-11)17-16-9-10-1-5-12(15)6-2-10/h1-9,17H/b16-9+. The van der Waals surface area contributed by atoms with E-state index in [1.165, 1.54) is 12.1 Å². The molecule has 0 amide bonds. The maximum Gasteiger partial charge on any atom is 0.123 e. The first kappa shape index (κ1) is 11.8. The van der Waals surface area contributed by atoms with Crippen molar-refractivity contribution in [2.75, 3.05) is 5.43 Å². The van der Waals surface area contributed by atoms with Crippen molar-refractivity contribution in [2.45, 2.75) is 0 Å². The first-order chi connectivity index (χ1) is 8.24. The van der Waals surface area contributed by atoms with Crippen LogP contribution in [0.5, 0.6) is 0 Å². The molecule has 0 fully saturated rings. The van der Waals surface area contributed by atoms with Crippen LogP contribution in [0, 0.1) is 5.82 Å². The second-order valence-corrected chi connectivity index (χ2v) is 4.34. The fourth-order valence-electron chi connectivity index (χ4n) is 1.25. The van der Waals surface area contributed by atoms with E-state index in [4.69, 9.17) is 0 Å². The van der Waals surface area contributed by atoms with Crippen molar-refractivity contribution in [3.8, 4) is 0 Å². The van der Waals surface area contributed by atoms with Crippen molar-refractivity contribution in [3.63, 3.8) is 0 Å². The number of benzene rings is 2. The minimum Gasteiger partial charge on any atom is -0.279 e. The molecule has 0 saturated carbocycles. The number of rotatable bonds is 3. The van der Waals surface area contributed by atoms with Gasteiger partial charge in [-0.1, -0.05) is 28.1 Å². The van der Waals surface area contributed by atoms with Crippen LogP contribution in [-0.2, 0) is 0 Å². The van der Waals surface area contributed by atoms with Gasteiger partial charge in [-0.25, -0.2) is 4.39 Å². The summed E-state index contributed by atoms with van der Waals surface area (Å²) in [7, 11) is 0. The SMILES string of the molecule is Fc1ccc(/C=N/Nc2ccc(Br)cc2)cc1. The lowest BCUT2D eigenvalue weighted by Crippen LogP contribution is -1.90. The molecule has 17 heavy (non-hydrogen) atoms. The predicted molar refractivity (Wildman–Crippen MR) is 71.8 cm³/mol. The second kappa shape index (κ2) is 5.59. The molecule has 86 valence electrons. The molecule has 0 aliphatic heterocycles. The molecule has 0 aromatic heterocycles. The highest BCUT2D eigenvalue weighted by Gasteiger charge is 1.91. The third kappa shape index (κ3) is 3.67. The van der Waals surface area contributed by atoms with Crippen LogP contribution in [0.15, 0.2) is 58.1 Å². The van der Waals surface area contributed by atoms with Crippen molar-refractivity contribution < 1.29 is 4.39 Å². The van der Waals surface area contributed by atoms with E-state index < -0.39 is 0 Å². The molecule has 0 aliphatic rings. The van der Waals surface area contributed by atoms with Gasteiger partial charge in [0.2, 0.25) is 0 Å². The number of hydrogen-bond acceptors (Lipinski definition) is 2. The lowest BCUT2D eigenvalue weighted by atomic mass is 10.2. The van der Waals surface area contributed by atoms with Gasteiger partial charge in [-0.3, -0.25) is 5.43 Å². The normalized spacial score (nSPS) is 10.7. The Morgan fingerprint density at radius 1 is 1.00 bits per heavy atom. The molecule has 0 spiro atoms. The smallest absolute Gasteiger partial charge is 0.123 e. The Labute approximate surface area is 107 Å². The molecule has 2 aromatic carbocycles. The second-order valence-electron chi connectivity index (χ2n) is 3.43. The number of anilines is 1. The number of hydrazone groups is 1. The average molecular weight is 293 g/mol. The van der Waals surface area contributed by atoms with Crippen LogP contribution in [0.3, 0.4) is 0 Å². The molecule has 2 rings (SSSR count). The predicted octanol–water partition coefficient (Wildman–Crippen LogP) is 4.03. The molecule has 2 nitrogen and oxygen atoms in total. The molecular weight excluding hydrogens is 283 g/mol. The molecule has 1 N–H and O–H groups in total. The number of hydrogen-bond donors (Lipinski definition) is 1. The minimum absolute atomic E-state index is 0.247. The Kier molecular flexibility index (Phi) is 3.88. The fourth-order valence-corrected chi connectivity index (χ4v) is 1.52. The van der Waals surface area contributed by atoms with E-state index in [2.05, 4.69) is 26.5 Å². The summed E-state index contributed by atoms with van der Waals surface area (Å²) in [6.45, 7) is 0. The zero-order chi connectivity index (χ0) is 12.1. The van der Waals surface area contributed by atoms with Crippen LogP contribution in [0.4, 0.5) is 10.1 Å². The summed E-state index contributed by atoms with van der Waals surface area (Å²) < 4.78 is 13.7. The van der Waals surface area contributed by atoms with E-state index in [1.807, 2.05) is 24.3 Å². The maximum absolute atomic E-state index is 12.6. The molecule has 0 heterocycles. The summed E-state index contributed by atoms with van der Waals surface area (Å²) in [4.78, 5) is 0. The summed E-state index contributed by atoms with van der Waals surface area (Å²) in [6, 6.07) is 13.8. The number of nitrogens with zero attached hydrogens (tertiary/aromatic N) is 1. The van der Waals surface area contributed by atoms with Crippen molar-refractivity contribution in [1.29, 1.82) is 0 Å². The van der Waals surface area contributed by atoms with Crippen LogP contribution in [0.2, 0.25) is 0 Å². The van der Waals surface area contributed by atoms with Gasteiger partial charge < -0.3 is 0 Å². The fraction of sp³-hybridized carbons (Fsp3) is 0. The highest BCUT2D eigenvalue weighted by Crippen LogP contribution is 2.13. The Morgan fingerprint density at radius 3 is 2.29 bits per heavy atom.